The Kier molecular flexibility index (Phi) is 3.87. The molecule has 1 aromatic rings. The number of hydrogen-bond donors (Lipinski definition) is 0. The third kappa shape index (κ3) is 2.81. The van der Waals surface area contributed by atoms with Crippen LogP contribution in [0.15, 0.2) is 6.07 Å². The summed E-state index contributed by atoms with van der Waals surface area (Å²) < 4.78 is 28.0. The van der Waals surface area contributed by atoms with Crippen LogP contribution in [0.5, 0.6) is 5.75 Å². The fourth-order valence-electron chi connectivity index (χ4n) is 2.71. The van der Waals surface area contributed by atoms with Gasteiger partial charge in [0.15, 0.2) is 0 Å². The zero-order valence-corrected chi connectivity index (χ0v) is 12.2. The molecule has 5 heteroatoms. The lowest BCUT2D eigenvalue weighted by Gasteiger charge is -2.23. The third-order valence-electron chi connectivity index (χ3n) is 3.49. The Hall–Kier alpha value is -0.740. The second kappa shape index (κ2) is 5.10. The molecule has 3 nitrogen and oxygen atoms in total. The molecule has 0 aromatic heterocycles. The average Bonchev–Trinajstić information content (AvgIpc) is 2.31. The average molecular weight is 289 g/mol. The van der Waals surface area contributed by atoms with E-state index in [1.807, 2.05) is 13.0 Å². The molecule has 0 heterocycles. The van der Waals surface area contributed by atoms with Gasteiger partial charge in [0.2, 0.25) is 9.05 Å². The fraction of sp³-hybridized carbons (Fsp3) is 0.538. The smallest absolute Gasteiger partial charge is 0.236 e. The Bertz CT molecular complexity index is 564. The molecule has 0 unspecified atom stereocenters. The molecule has 0 saturated carbocycles. The monoisotopic (exact) mass is 288 g/mol. The van der Waals surface area contributed by atoms with Gasteiger partial charge in [-0.2, -0.15) is 0 Å². The second-order valence-electron chi connectivity index (χ2n) is 4.72. The van der Waals surface area contributed by atoms with Crippen LogP contribution in [0, 0.1) is 6.92 Å². The number of halogens is 1. The molecule has 0 amide bonds. The zero-order valence-electron chi connectivity index (χ0n) is 10.6. The molecule has 2 rings (SSSR count). The number of methoxy groups -OCH3 is 1. The van der Waals surface area contributed by atoms with Crippen molar-refractivity contribution in [3.63, 3.8) is 0 Å². The molecule has 1 aromatic carbocycles. The number of benzene rings is 1. The lowest BCUT2D eigenvalue weighted by atomic mass is 9.85. The van der Waals surface area contributed by atoms with Gasteiger partial charge >= 0.3 is 0 Å². The number of rotatable bonds is 3. The van der Waals surface area contributed by atoms with E-state index < -0.39 is 9.05 Å². The van der Waals surface area contributed by atoms with E-state index in [0.29, 0.717) is 5.75 Å². The summed E-state index contributed by atoms with van der Waals surface area (Å²) in [5.41, 5.74) is 4.32. The first-order valence-electron chi connectivity index (χ1n) is 6.03. The van der Waals surface area contributed by atoms with Gasteiger partial charge in [0.25, 0.3) is 0 Å². The van der Waals surface area contributed by atoms with E-state index in [1.54, 1.807) is 7.11 Å². The Morgan fingerprint density at radius 1 is 1.28 bits per heavy atom. The second-order valence-corrected chi connectivity index (χ2v) is 7.50. The minimum Gasteiger partial charge on any atom is -0.496 e. The summed E-state index contributed by atoms with van der Waals surface area (Å²) in [6.07, 6.45) is 4.18. The van der Waals surface area contributed by atoms with E-state index >= 15 is 0 Å². The molecule has 0 N–H and O–H groups in total. The van der Waals surface area contributed by atoms with E-state index in [9.17, 15) is 8.42 Å². The minimum atomic E-state index is -3.56. The molecular weight excluding hydrogens is 272 g/mol. The van der Waals surface area contributed by atoms with E-state index in [0.717, 1.165) is 36.8 Å². The Labute approximate surface area is 113 Å². The van der Waals surface area contributed by atoms with Crippen molar-refractivity contribution in [2.45, 2.75) is 38.4 Å². The normalized spacial score (nSPS) is 15.3. The predicted octanol–water partition coefficient (Wildman–Crippen LogP) is 2.95. The fourth-order valence-corrected chi connectivity index (χ4v) is 3.69. The standard InChI is InChI=1S/C13H17ClO3S/c1-9-7-13(17-2)12(8-18(14,15)16)11-6-4-3-5-10(9)11/h7H,3-6,8H2,1-2H3. The molecule has 0 atom stereocenters. The summed E-state index contributed by atoms with van der Waals surface area (Å²) in [6, 6.07) is 1.92. The predicted molar refractivity (Wildman–Crippen MR) is 72.8 cm³/mol. The number of ether oxygens (including phenoxy) is 1. The molecule has 0 saturated heterocycles. The highest BCUT2D eigenvalue weighted by Gasteiger charge is 2.22. The molecule has 100 valence electrons. The van der Waals surface area contributed by atoms with E-state index in [-0.39, 0.29) is 5.75 Å². The topological polar surface area (TPSA) is 43.4 Å². The molecule has 1 aliphatic rings. The van der Waals surface area contributed by atoms with Gasteiger partial charge in [-0.3, -0.25) is 0 Å². The van der Waals surface area contributed by atoms with Gasteiger partial charge in [-0.05, 0) is 55.4 Å². The number of aryl methyl sites for hydroxylation is 1. The van der Waals surface area contributed by atoms with Crippen molar-refractivity contribution in [2.24, 2.45) is 0 Å². The first-order valence-corrected chi connectivity index (χ1v) is 8.51. The van der Waals surface area contributed by atoms with E-state index in [2.05, 4.69) is 0 Å². The van der Waals surface area contributed by atoms with Crippen molar-refractivity contribution in [3.05, 3.63) is 28.3 Å². The summed E-state index contributed by atoms with van der Waals surface area (Å²) >= 11 is 0. The van der Waals surface area contributed by atoms with Crippen LogP contribution < -0.4 is 4.74 Å². The summed E-state index contributed by atoms with van der Waals surface area (Å²) in [6.45, 7) is 2.05. The van der Waals surface area contributed by atoms with Crippen LogP contribution in [0.1, 0.15) is 35.1 Å². The minimum absolute atomic E-state index is 0.152. The highest BCUT2D eigenvalue weighted by Crippen LogP contribution is 2.35. The highest BCUT2D eigenvalue weighted by molar-refractivity contribution is 8.13. The molecule has 1 aliphatic carbocycles. The lowest BCUT2D eigenvalue weighted by Crippen LogP contribution is -2.12. The van der Waals surface area contributed by atoms with Gasteiger partial charge in [-0.25, -0.2) is 8.42 Å². The van der Waals surface area contributed by atoms with Crippen LogP contribution in [0.3, 0.4) is 0 Å². The van der Waals surface area contributed by atoms with Gasteiger partial charge in [0.1, 0.15) is 5.75 Å². The molecular formula is C13H17ClO3S. The highest BCUT2D eigenvalue weighted by atomic mass is 35.7. The van der Waals surface area contributed by atoms with Crippen LogP contribution in [0.2, 0.25) is 0 Å². The Balaban J connectivity index is 2.61. The first kappa shape index (κ1) is 13.7. The van der Waals surface area contributed by atoms with Gasteiger partial charge in [0.05, 0.1) is 12.9 Å². The first-order chi connectivity index (χ1) is 8.42. The summed E-state index contributed by atoms with van der Waals surface area (Å²) in [5.74, 6) is 0.484. The van der Waals surface area contributed by atoms with Gasteiger partial charge in [-0.1, -0.05) is 0 Å². The Morgan fingerprint density at radius 2 is 1.89 bits per heavy atom. The molecule has 0 fully saturated rings. The van der Waals surface area contributed by atoms with Crippen molar-refractivity contribution in [2.75, 3.05) is 7.11 Å². The molecule has 18 heavy (non-hydrogen) atoms. The SMILES string of the molecule is COc1cc(C)c2c(c1CS(=O)(=O)Cl)CCCC2. The van der Waals surface area contributed by atoms with Crippen molar-refractivity contribution >= 4 is 19.7 Å². The van der Waals surface area contributed by atoms with Crippen LogP contribution >= 0.6 is 10.7 Å². The molecule has 0 radical (unpaired) electrons. The largest absolute Gasteiger partial charge is 0.496 e. The number of hydrogen-bond acceptors (Lipinski definition) is 3. The summed E-state index contributed by atoms with van der Waals surface area (Å²) in [7, 11) is 3.40. The maximum absolute atomic E-state index is 11.3. The molecule has 0 spiro atoms. The van der Waals surface area contributed by atoms with E-state index in [4.69, 9.17) is 15.4 Å². The molecule has 0 aliphatic heterocycles. The molecule has 0 bridgehead atoms. The van der Waals surface area contributed by atoms with Crippen molar-refractivity contribution in [3.8, 4) is 5.75 Å². The van der Waals surface area contributed by atoms with Gasteiger partial charge in [-0.15, -0.1) is 0 Å². The van der Waals surface area contributed by atoms with E-state index in [1.165, 1.54) is 11.1 Å². The van der Waals surface area contributed by atoms with Crippen LogP contribution in [-0.4, -0.2) is 15.5 Å². The van der Waals surface area contributed by atoms with Crippen molar-refractivity contribution in [1.82, 2.24) is 0 Å². The summed E-state index contributed by atoms with van der Waals surface area (Å²) in [4.78, 5) is 0. The maximum Gasteiger partial charge on any atom is 0.236 e. The van der Waals surface area contributed by atoms with Crippen LogP contribution in [0.25, 0.3) is 0 Å². The summed E-state index contributed by atoms with van der Waals surface area (Å²) in [5, 5.41) is 0. The van der Waals surface area contributed by atoms with Crippen molar-refractivity contribution < 1.29 is 13.2 Å². The zero-order chi connectivity index (χ0) is 13.3. The number of fused-ring (bicyclic) bond motifs is 1. The van der Waals surface area contributed by atoms with Gasteiger partial charge < -0.3 is 4.74 Å². The van der Waals surface area contributed by atoms with Crippen molar-refractivity contribution in [1.29, 1.82) is 0 Å². The van der Waals surface area contributed by atoms with Crippen LogP contribution in [-0.2, 0) is 27.6 Å². The third-order valence-corrected chi connectivity index (χ3v) is 4.45. The maximum atomic E-state index is 11.3. The van der Waals surface area contributed by atoms with Crippen LogP contribution in [0.4, 0.5) is 0 Å². The van der Waals surface area contributed by atoms with Gasteiger partial charge in [0, 0.05) is 16.2 Å². The lowest BCUT2D eigenvalue weighted by molar-refractivity contribution is 0.409. The quantitative estimate of drug-likeness (QED) is 0.803. The Morgan fingerprint density at radius 3 is 2.44 bits per heavy atom.